The second-order valence-corrected chi connectivity index (χ2v) is 13.6. The van der Waals surface area contributed by atoms with Gasteiger partial charge in [-0.3, -0.25) is 0 Å². The van der Waals surface area contributed by atoms with Crippen LogP contribution in [0.4, 0.5) is 0 Å². The molecule has 0 atom stereocenters. The predicted molar refractivity (Wildman–Crippen MR) is 194 cm³/mol. The Morgan fingerprint density at radius 2 is 0.891 bits per heavy atom. The van der Waals surface area contributed by atoms with Crippen molar-refractivity contribution in [2.45, 2.75) is 38.9 Å². The molecule has 7 aromatic carbocycles. The summed E-state index contributed by atoms with van der Waals surface area (Å²) in [6, 6.07) is 48.6. The fourth-order valence-electron chi connectivity index (χ4n) is 7.29. The number of fused-ring (bicyclic) bond motifs is 9. The van der Waals surface area contributed by atoms with Crippen molar-refractivity contribution >= 4 is 66.7 Å². The van der Waals surface area contributed by atoms with Crippen molar-refractivity contribution in [3.63, 3.8) is 0 Å². The summed E-state index contributed by atoms with van der Waals surface area (Å²) < 4.78 is 15.3. The molecule has 0 saturated carbocycles. The van der Waals surface area contributed by atoms with E-state index in [-0.39, 0.29) is 0 Å². The fraction of sp³-hybridized carbons (Fsp3) is 0.143. The Morgan fingerprint density at radius 3 is 1.50 bits per heavy atom. The van der Waals surface area contributed by atoms with Gasteiger partial charge >= 0.3 is 7.12 Å². The van der Waals surface area contributed by atoms with Crippen molar-refractivity contribution in [2.75, 3.05) is 0 Å². The summed E-state index contributed by atoms with van der Waals surface area (Å²) in [5.74, 6) is 0. The van der Waals surface area contributed by atoms with E-state index in [0.29, 0.717) is 0 Å². The average Bonchev–Trinajstić information content (AvgIpc) is 3.52. The van der Waals surface area contributed by atoms with Gasteiger partial charge in [-0.1, -0.05) is 97.1 Å². The van der Waals surface area contributed by atoms with E-state index in [2.05, 4.69) is 166 Å². The molecule has 0 amide bonds. The summed E-state index contributed by atoms with van der Waals surface area (Å²) in [5, 5.41) is 10.1. The zero-order chi connectivity index (χ0) is 31.2. The van der Waals surface area contributed by atoms with Crippen molar-refractivity contribution in [2.24, 2.45) is 0 Å². The minimum atomic E-state index is -0.420. The summed E-state index contributed by atoms with van der Waals surface area (Å²) in [7, 11) is -0.420. The SMILES string of the molecule is CC1(C)OB(c2ccc3c(c2)c2cc(-c4ccc5c6ccccc6c6ccccc6c5c4)ccc2n3-c2ccccc2)OC1(C)C. The Labute approximate surface area is 269 Å². The highest BCUT2D eigenvalue weighted by atomic mass is 16.7. The number of aromatic nitrogens is 1. The Balaban J connectivity index is 1.27. The molecule has 8 aromatic rings. The van der Waals surface area contributed by atoms with E-state index in [1.54, 1.807) is 0 Å². The highest BCUT2D eigenvalue weighted by Crippen LogP contribution is 2.40. The Kier molecular flexibility index (Phi) is 5.84. The van der Waals surface area contributed by atoms with Gasteiger partial charge in [0, 0.05) is 16.5 Å². The highest BCUT2D eigenvalue weighted by Gasteiger charge is 2.51. The monoisotopic (exact) mass is 595 g/mol. The summed E-state index contributed by atoms with van der Waals surface area (Å²) >= 11 is 0. The first-order valence-corrected chi connectivity index (χ1v) is 16.1. The lowest BCUT2D eigenvalue weighted by molar-refractivity contribution is 0.00578. The van der Waals surface area contributed by atoms with E-state index < -0.39 is 18.3 Å². The molecule has 3 nitrogen and oxygen atoms in total. The Hall–Kier alpha value is -4.90. The summed E-state index contributed by atoms with van der Waals surface area (Å²) in [5.41, 5.74) is 6.11. The quantitative estimate of drug-likeness (QED) is 0.150. The maximum absolute atomic E-state index is 6.47. The van der Waals surface area contributed by atoms with Crippen LogP contribution in [-0.2, 0) is 9.31 Å². The van der Waals surface area contributed by atoms with Crippen LogP contribution in [0.15, 0.2) is 133 Å². The molecule has 0 bridgehead atoms. The standard InChI is InChI=1S/C42H34BNO2/c1-41(2)42(3,4)46-43(45-41)29-20-23-40-38(26-29)37-25-28(19-22-39(37)44(40)30-12-6-5-7-13-30)27-18-21-35-33-16-9-8-14-31(33)32-15-10-11-17-34(32)36(35)24-27/h5-26H,1-4H3. The third-order valence-electron chi connectivity index (χ3n) is 10.4. The minimum Gasteiger partial charge on any atom is -0.399 e. The number of nitrogens with zero attached hydrogens (tertiary/aromatic N) is 1. The van der Waals surface area contributed by atoms with Crippen LogP contribution in [0, 0.1) is 0 Å². The van der Waals surface area contributed by atoms with Crippen molar-refractivity contribution in [1.82, 2.24) is 4.57 Å². The zero-order valence-electron chi connectivity index (χ0n) is 26.5. The van der Waals surface area contributed by atoms with E-state index >= 15 is 0 Å². The second-order valence-electron chi connectivity index (χ2n) is 13.6. The van der Waals surface area contributed by atoms with Gasteiger partial charge in [0.15, 0.2) is 0 Å². The molecular weight excluding hydrogens is 561 g/mol. The van der Waals surface area contributed by atoms with Crippen molar-refractivity contribution in [1.29, 1.82) is 0 Å². The molecule has 1 fully saturated rings. The molecule has 4 heteroatoms. The maximum Gasteiger partial charge on any atom is 0.494 e. The van der Waals surface area contributed by atoms with E-state index in [0.717, 1.165) is 16.7 Å². The molecule has 222 valence electrons. The topological polar surface area (TPSA) is 23.4 Å². The van der Waals surface area contributed by atoms with Crippen LogP contribution in [0.1, 0.15) is 27.7 Å². The van der Waals surface area contributed by atoms with Crippen molar-refractivity contribution in [3.05, 3.63) is 133 Å². The van der Waals surface area contributed by atoms with E-state index in [1.807, 2.05) is 0 Å². The number of para-hydroxylation sites is 1. The molecule has 0 aliphatic carbocycles. The van der Waals surface area contributed by atoms with E-state index in [4.69, 9.17) is 9.31 Å². The molecule has 46 heavy (non-hydrogen) atoms. The first-order valence-electron chi connectivity index (χ1n) is 16.1. The highest BCUT2D eigenvalue weighted by molar-refractivity contribution is 6.62. The molecule has 2 heterocycles. The van der Waals surface area contributed by atoms with Gasteiger partial charge in [0.2, 0.25) is 0 Å². The number of rotatable bonds is 3. The van der Waals surface area contributed by atoms with Gasteiger partial charge in [-0.15, -0.1) is 0 Å². The van der Waals surface area contributed by atoms with Crippen LogP contribution in [0.5, 0.6) is 0 Å². The van der Waals surface area contributed by atoms with Gasteiger partial charge in [-0.25, -0.2) is 0 Å². The predicted octanol–water partition coefficient (Wildman–Crippen LogP) is 10.2. The first-order chi connectivity index (χ1) is 22.3. The van der Waals surface area contributed by atoms with Crippen molar-refractivity contribution < 1.29 is 9.31 Å². The largest absolute Gasteiger partial charge is 0.494 e. The van der Waals surface area contributed by atoms with Crippen LogP contribution >= 0.6 is 0 Å². The van der Waals surface area contributed by atoms with Crippen LogP contribution in [0.25, 0.3) is 70.9 Å². The summed E-state index contributed by atoms with van der Waals surface area (Å²) in [6.45, 7) is 8.42. The van der Waals surface area contributed by atoms with Gasteiger partial charge in [-0.2, -0.15) is 0 Å². The van der Waals surface area contributed by atoms with E-state index in [1.165, 1.54) is 59.7 Å². The number of hydrogen-bond donors (Lipinski definition) is 0. The number of hydrogen-bond acceptors (Lipinski definition) is 2. The maximum atomic E-state index is 6.47. The Bertz CT molecular complexity index is 2440. The summed E-state index contributed by atoms with van der Waals surface area (Å²) in [6.07, 6.45) is 0. The minimum absolute atomic E-state index is 0.399. The average molecular weight is 596 g/mol. The third kappa shape index (κ3) is 4.00. The van der Waals surface area contributed by atoms with Gasteiger partial charge in [-0.05, 0) is 113 Å². The van der Waals surface area contributed by atoms with Crippen LogP contribution < -0.4 is 5.46 Å². The smallest absolute Gasteiger partial charge is 0.399 e. The zero-order valence-corrected chi connectivity index (χ0v) is 26.5. The van der Waals surface area contributed by atoms with Crippen LogP contribution in [-0.4, -0.2) is 22.9 Å². The second kappa shape index (κ2) is 9.80. The van der Waals surface area contributed by atoms with Crippen LogP contribution in [0.3, 0.4) is 0 Å². The molecule has 1 saturated heterocycles. The first kappa shape index (κ1) is 27.4. The molecule has 1 aliphatic heterocycles. The van der Waals surface area contributed by atoms with Crippen molar-refractivity contribution in [3.8, 4) is 16.8 Å². The summed E-state index contributed by atoms with van der Waals surface area (Å²) in [4.78, 5) is 0. The third-order valence-corrected chi connectivity index (χ3v) is 10.4. The number of benzene rings is 7. The lowest BCUT2D eigenvalue weighted by Gasteiger charge is -2.32. The van der Waals surface area contributed by atoms with Crippen LogP contribution in [0.2, 0.25) is 0 Å². The molecule has 0 unspecified atom stereocenters. The molecular formula is C42H34BNO2. The Morgan fingerprint density at radius 1 is 0.435 bits per heavy atom. The van der Waals surface area contributed by atoms with Gasteiger partial charge in [0.05, 0.1) is 22.2 Å². The van der Waals surface area contributed by atoms with E-state index in [9.17, 15) is 0 Å². The van der Waals surface area contributed by atoms with Gasteiger partial charge in [0.25, 0.3) is 0 Å². The molecule has 1 aromatic heterocycles. The molecule has 0 radical (unpaired) electrons. The van der Waals surface area contributed by atoms with Gasteiger partial charge in [0.1, 0.15) is 0 Å². The molecule has 0 spiro atoms. The normalized spacial score (nSPS) is 16.0. The molecule has 0 N–H and O–H groups in total. The molecule has 9 rings (SSSR count). The van der Waals surface area contributed by atoms with Gasteiger partial charge < -0.3 is 13.9 Å². The lowest BCUT2D eigenvalue weighted by Crippen LogP contribution is -2.41. The fourth-order valence-corrected chi connectivity index (χ4v) is 7.29. The molecule has 1 aliphatic rings. The lowest BCUT2D eigenvalue weighted by atomic mass is 9.78.